The molecule has 3 rings (SSSR count). The number of aliphatic hydroxyl groups excluding tert-OH is 1. The fourth-order valence-corrected chi connectivity index (χ4v) is 3.90. The van der Waals surface area contributed by atoms with Gasteiger partial charge in [-0.2, -0.15) is 0 Å². The molecule has 21 heavy (non-hydrogen) atoms. The van der Waals surface area contributed by atoms with Crippen LogP contribution < -0.4 is 15.3 Å². The predicted octanol–water partition coefficient (Wildman–Crippen LogP) is 0.204. The van der Waals surface area contributed by atoms with Crippen LogP contribution in [-0.2, 0) is 0 Å². The molecule has 0 aromatic carbocycles. The fourth-order valence-electron chi connectivity index (χ4n) is 3.90. The molecule has 2 fully saturated rings. The van der Waals surface area contributed by atoms with Crippen LogP contribution in [0.25, 0.3) is 0 Å². The van der Waals surface area contributed by atoms with Crippen molar-refractivity contribution >= 4 is 12.2 Å². The lowest BCUT2D eigenvalue weighted by Crippen LogP contribution is -2.63. The predicted molar refractivity (Wildman–Crippen MR) is 86.1 cm³/mol. The zero-order valence-corrected chi connectivity index (χ0v) is 13.2. The van der Waals surface area contributed by atoms with Crippen LogP contribution in [0.2, 0.25) is 0 Å². The van der Waals surface area contributed by atoms with Gasteiger partial charge in [0.1, 0.15) is 0 Å². The number of piperidine rings is 2. The van der Waals surface area contributed by atoms with E-state index in [2.05, 4.69) is 34.0 Å². The summed E-state index contributed by atoms with van der Waals surface area (Å²) in [4.78, 5) is 2.32. The fraction of sp³-hybridized carbons (Fsp3) is 0.750. The van der Waals surface area contributed by atoms with Crippen molar-refractivity contribution in [3.8, 4) is 0 Å². The van der Waals surface area contributed by atoms with E-state index in [0.29, 0.717) is 6.04 Å². The molecule has 3 N–H and O–H groups in total. The first kappa shape index (κ1) is 14.6. The molecule has 0 bridgehead atoms. The van der Waals surface area contributed by atoms with Crippen molar-refractivity contribution < 1.29 is 5.11 Å². The van der Waals surface area contributed by atoms with Gasteiger partial charge < -0.3 is 10.4 Å². The zero-order valence-electron chi connectivity index (χ0n) is 13.2. The molecule has 2 saturated heterocycles. The monoisotopic (exact) mass is 291 g/mol. The Hall–Kier alpha value is -1.29. The highest BCUT2D eigenvalue weighted by Gasteiger charge is 2.48. The van der Waals surface area contributed by atoms with Crippen LogP contribution in [-0.4, -0.2) is 54.5 Å². The molecule has 0 radical (unpaired) electrons. The Labute approximate surface area is 126 Å². The highest BCUT2D eigenvalue weighted by Crippen LogP contribution is 2.37. The average molecular weight is 291 g/mol. The first-order valence-electron chi connectivity index (χ1n) is 8.15. The highest BCUT2D eigenvalue weighted by atomic mass is 16.3. The SMILES string of the molecule is CCC1=C(C)C=[N+]=C(N2CC[C@H]3NCCC[C@]3(CO)C2)N1. The Balaban J connectivity index is 1.78. The molecular weight excluding hydrogens is 264 g/mol. The van der Waals surface area contributed by atoms with E-state index in [1.54, 1.807) is 0 Å². The quantitative estimate of drug-likeness (QED) is 0.636. The van der Waals surface area contributed by atoms with E-state index in [9.17, 15) is 5.11 Å². The van der Waals surface area contributed by atoms with Gasteiger partial charge in [-0.1, -0.05) is 6.92 Å². The van der Waals surface area contributed by atoms with Crippen molar-refractivity contribution in [2.24, 2.45) is 5.41 Å². The Morgan fingerprint density at radius 2 is 2.38 bits per heavy atom. The van der Waals surface area contributed by atoms with Crippen LogP contribution in [0.1, 0.15) is 39.5 Å². The van der Waals surface area contributed by atoms with Gasteiger partial charge in [0.2, 0.25) is 0 Å². The molecule has 116 valence electrons. The molecule has 0 aromatic rings. The standard InChI is InChI=1S/C16H26N4O/c1-3-13-12(2)9-18-15(19-13)20-8-5-14-16(10-20,11-21)6-4-7-17-14/h9,14,17,21H,3-8,10-11H2,1-2H3/p+1/t14-,16-/m1/s1. The minimum absolute atomic E-state index is 0.0106. The van der Waals surface area contributed by atoms with E-state index in [-0.39, 0.29) is 12.0 Å². The van der Waals surface area contributed by atoms with Gasteiger partial charge in [-0.3, -0.25) is 0 Å². The van der Waals surface area contributed by atoms with Gasteiger partial charge in [0.05, 0.1) is 25.4 Å². The Morgan fingerprint density at radius 1 is 1.52 bits per heavy atom. The van der Waals surface area contributed by atoms with Crippen LogP contribution in [0.4, 0.5) is 0 Å². The summed E-state index contributed by atoms with van der Waals surface area (Å²) in [7, 11) is 0. The number of fused-ring (bicyclic) bond motifs is 1. The summed E-state index contributed by atoms with van der Waals surface area (Å²) < 4.78 is 4.58. The number of hydrogen-bond acceptors (Lipinski definition) is 4. The van der Waals surface area contributed by atoms with Gasteiger partial charge in [0.25, 0.3) is 0 Å². The van der Waals surface area contributed by atoms with E-state index in [1.165, 1.54) is 11.3 Å². The largest absolute Gasteiger partial charge is 0.445 e. The molecule has 0 saturated carbocycles. The molecule has 2 atom stereocenters. The van der Waals surface area contributed by atoms with E-state index in [1.807, 2.05) is 6.21 Å². The number of allylic oxidation sites excluding steroid dienone is 2. The van der Waals surface area contributed by atoms with E-state index in [4.69, 9.17) is 0 Å². The molecule has 0 spiro atoms. The third-order valence-corrected chi connectivity index (χ3v) is 5.26. The van der Waals surface area contributed by atoms with Crippen molar-refractivity contribution in [1.82, 2.24) is 20.2 Å². The summed E-state index contributed by atoms with van der Waals surface area (Å²) >= 11 is 0. The lowest BCUT2D eigenvalue weighted by atomic mass is 9.71. The minimum atomic E-state index is -0.0106. The summed E-state index contributed by atoms with van der Waals surface area (Å²) in [6.45, 7) is 7.48. The smallest absolute Gasteiger partial charge is 0.396 e. The maximum Gasteiger partial charge on any atom is 0.445 e. The number of nitrogens with one attached hydrogen (secondary N) is 2. The summed E-state index contributed by atoms with van der Waals surface area (Å²) in [5.41, 5.74) is 2.46. The second-order valence-electron chi connectivity index (χ2n) is 6.56. The summed E-state index contributed by atoms with van der Waals surface area (Å²) in [5.74, 6) is 0.953. The van der Waals surface area contributed by atoms with Gasteiger partial charge in [-0.15, -0.1) is 0 Å². The Bertz CT molecular complexity index is 506. The number of likely N-dealkylation sites (tertiary alicyclic amines) is 1. The molecule has 0 amide bonds. The van der Waals surface area contributed by atoms with Gasteiger partial charge >= 0.3 is 5.96 Å². The van der Waals surface area contributed by atoms with Gasteiger partial charge in [0, 0.05) is 17.0 Å². The molecule has 5 nitrogen and oxygen atoms in total. The topological polar surface area (TPSA) is 61.6 Å². The highest BCUT2D eigenvalue weighted by molar-refractivity contribution is 5.92. The van der Waals surface area contributed by atoms with Gasteiger partial charge in [-0.05, 0) is 39.2 Å². The van der Waals surface area contributed by atoms with Crippen LogP contribution in [0.3, 0.4) is 0 Å². The molecule has 3 aliphatic heterocycles. The van der Waals surface area contributed by atoms with Gasteiger partial charge in [-0.25, -0.2) is 14.9 Å². The first-order chi connectivity index (χ1) is 10.2. The molecule has 0 unspecified atom stereocenters. The number of aliphatic hydroxyl groups is 1. The van der Waals surface area contributed by atoms with Crippen molar-refractivity contribution in [3.63, 3.8) is 0 Å². The lowest BCUT2D eigenvalue weighted by Gasteiger charge is -2.48. The van der Waals surface area contributed by atoms with Crippen molar-refractivity contribution in [2.75, 3.05) is 26.2 Å². The number of hydrogen-bond donors (Lipinski definition) is 3. The third-order valence-electron chi connectivity index (χ3n) is 5.26. The average Bonchev–Trinajstić information content (AvgIpc) is 2.54. The van der Waals surface area contributed by atoms with Crippen LogP contribution in [0.5, 0.6) is 0 Å². The maximum atomic E-state index is 9.99. The molecule has 5 heteroatoms. The second kappa shape index (κ2) is 5.84. The molecule has 0 aromatic heterocycles. The normalized spacial score (nSPS) is 32.6. The second-order valence-corrected chi connectivity index (χ2v) is 6.56. The molecule has 3 heterocycles. The zero-order chi connectivity index (χ0) is 14.9. The van der Waals surface area contributed by atoms with Crippen LogP contribution in [0, 0.1) is 5.41 Å². The van der Waals surface area contributed by atoms with Crippen LogP contribution in [0.15, 0.2) is 11.3 Å². The van der Waals surface area contributed by atoms with Crippen LogP contribution >= 0.6 is 0 Å². The minimum Gasteiger partial charge on any atom is -0.396 e. The molecule has 0 aliphatic carbocycles. The third kappa shape index (κ3) is 2.61. The van der Waals surface area contributed by atoms with E-state index in [0.717, 1.165) is 51.3 Å². The summed E-state index contributed by atoms with van der Waals surface area (Å²) in [5, 5.41) is 17.1. The van der Waals surface area contributed by atoms with Gasteiger partial charge in [0.15, 0.2) is 6.21 Å². The summed E-state index contributed by atoms with van der Waals surface area (Å²) in [6.07, 6.45) is 6.28. The number of rotatable bonds is 2. The lowest BCUT2D eigenvalue weighted by molar-refractivity contribution is 0.000745. The van der Waals surface area contributed by atoms with Crippen molar-refractivity contribution in [2.45, 2.75) is 45.6 Å². The first-order valence-corrected chi connectivity index (χ1v) is 8.15. The van der Waals surface area contributed by atoms with Crippen molar-refractivity contribution in [1.29, 1.82) is 0 Å². The molecular formula is C16H27N4O+. The summed E-state index contributed by atoms with van der Waals surface area (Å²) in [6, 6.07) is 0.448. The van der Waals surface area contributed by atoms with Crippen molar-refractivity contribution in [3.05, 3.63) is 11.3 Å². The Kier molecular flexibility index (Phi) is 4.07. The van der Waals surface area contributed by atoms with E-state index < -0.39 is 0 Å². The van der Waals surface area contributed by atoms with E-state index >= 15 is 0 Å². The number of guanidine groups is 1. The number of nitrogens with zero attached hydrogens (tertiary/aromatic N) is 2. The Morgan fingerprint density at radius 3 is 3.14 bits per heavy atom. The molecule has 3 aliphatic rings. The maximum absolute atomic E-state index is 9.99.